The molecular weight excluding hydrogens is 414 g/mol. The molecule has 3 aromatic rings. The summed E-state index contributed by atoms with van der Waals surface area (Å²) >= 11 is 3.26. The first-order chi connectivity index (χ1) is 14.7. The molecule has 1 aromatic heterocycles. The molecule has 0 N–H and O–H groups in total. The van der Waals surface area contributed by atoms with Gasteiger partial charge in [-0.25, -0.2) is 4.98 Å². The number of thioether (sulfide) groups is 1. The van der Waals surface area contributed by atoms with Crippen LogP contribution in [0.3, 0.4) is 0 Å². The molecule has 3 heterocycles. The molecule has 154 valence electrons. The van der Waals surface area contributed by atoms with Crippen LogP contribution in [0.15, 0.2) is 53.4 Å². The highest BCUT2D eigenvalue weighted by Gasteiger charge is 2.31. The first-order valence-electron chi connectivity index (χ1n) is 10.4. The van der Waals surface area contributed by atoms with Crippen molar-refractivity contribution in [3.63, 3.8) is 0 Å². The van der Waals surface area contributed by atoms with E-state index >= 15 is 0 Å². The highest BCUT2D eigenvalue weighted by Crippen LogP contribution is 2.37. The normalized spacial score (nSPS) is 19.2. The number of fused-ring (bicyclic) bond motifs is 2. The number of likely N-dealkylation sites (tertiary alicyclic amines) is 1. The highest BCUT2D eigenvalue weighted by atomic mass is 32.2. The fourth-order valence-corrected chi connectivity index (χ4v) is 6.32. The number of anilines is 1. The van der Waals surface area contributed by atoms with Crippen molar-refractivity contribution in [2.45, 2.75) is 36.6 Å². The minimum Gasteiger partial charge on any atom is -0.333 e. The third-order valence-electron chi connectivity index (χ3n) is 5.78. The zero-order valence-corrected chi connectivity index (χ0v) is 18.3. The Morgan fingerprint density at radius 3 is 2.83 bits per heavy atom. The van der Waals surface area contributed by atoms with Crippen LogP contribution in [-0.4, -0.2) is 40.5 Å². The second-order valence-electron chi connectivity index (χ2n) is 7.67. The van der Waals surface area contributed by atoms with Crippen molar-refractivity contribution < 1.29 is 9.59 Å². The van der Waals surface area contributed by atoms with Gasteiger partial charge in [-0.1, -0.05) is 24.3 Å². The van der Waals surface area contributed by atoms with Crippen LogP contribution in [0.5, 0.6) is 0 Å². The van der Waals surface area contributed by atoms with Gasteiger partial charge < -0.3 is 9.80 Å². The van der Waals surface area contributed by atoms with E-state index in [2.05, 4.69) is 6.07 Å². The molecule has 0 bridgehead atoms. The standard InChI is InChI=1S/C23H23N3O2S2/c27-21(12-14-26-17-8-2-4-11-20(17)29-15-22(26)28)25-13-6-5-9-18(25)23-24-16-7-1-3-10-19(16)30-23/h1-4,7-8,10-11,18H,5-6,9,12-15H2/t18-/m0/s1. The van der Waals surface area contributed by atoms with Gasteiger partial charge in [-0.3, -0.25) is 9.59 Å². The summed E-state index contributed by atoms with van der Waals surface area (Å²) in [5.74, 6) is 0.624. The summed E-state index contributed by atoms with van der Waals surface area (Å²) in [6, 6.07) is 16.1. The van der Waals surface area contributed by atoms with E-state index < -0.39 is 0 Å². The Hall–Kier alpha value is -2.38. The summed E-state index contributed by atoms with van der Waals surface area (Å²) in [5, 5.41) is 1.03. The SMILES string of the molecule is O=C1CSc2ccccc2N1CCC(=O)N1CCCC[C@H]1c1nc2ccccc2s1. The number of nitrogens with zero attached hydrogens (tertiary/aromatic N) is 3. The lowest BCUT2D eigenvalue weighted by Crippen LogP contribution is -2.42. The van der Waals surface area contributed by atoms with Crippen molar-refractivity contribution in [3.05, 3.63) is 53.5 Å². The van der Waals surface area contributed by atoms with Crippen molar-refractivity contribution in [2.24, 2.45) is 0 Å². The second-order valence-corrected chi connectivity index (χ2v) is 9.75. The summed E-state index contributed by atoms with van der Waals surface area (Å²) in [6.07, 6.45) is 3.43. The van der Waals surface area contributed by atoms with Gasteiger partial charge in [-0.05, 0) is 43.5 Å². The van der Waals surface area contributed by atoms with Gasteiger partial charge >= 0.3 is 0 Å². The maximum atomic E-state index is 13.2. The number of benzene rings is 2. The second kappa shape index (κ2) is 8.40. The number of hydrogen-bond acceptors (Lipinski definition) is 5. The van der Waals surface area contributed by atoms with Crippen molar-refractivity contribution in [2.75, 3.05) is 23.7 Å². The minimum absolute atomic E-state index is 0.0450. The molecule has 2 aromatic carbocycles. The van der Waals surface area contributed by atoms with Crippen molar-refractivity contribution in [1.82, 2.24) is 9.88 Å². The molecule has 0 spiro atoms. The fourth-order valence-electron chi connectivity index (χ4n) is 4.27. The van der Waals surface area contributed by atoms with E-state index in [1.54, 1.807) is 28.0 Å². The van der Waals surface area contributed by atoms with Crippen LogP contribution in [0.1, 0.15) is 36.7 Å². The summed E-state index contributed by atoms with van der Waals surface area (Å²) in [4.78, 5) is 35.4. The summed E-state index contributed by atoms with van der Waals surface area (Å²) in [5.41, 5.74) is 1.93. The zero-order chi connectivity index (χ0) is 20.5. The number of para-hydroxylation sites is 2. The smallest absolute Gasteiger partial charge is 0.237 e. The van der Waals surface area contributed by atoms with Crippen LogP contribution in [0, 0.1) is 0 Å². The third-order valence-corrected chi connectivity index (χ3v) is 7.96. The number of rotatable bonds is 4. The molecule has 1 fully saturated rings. The number of amides is 2. The molecule has 2 aliphatic heterocycles. The van der Waals surface area contributed by atoms with Crippen molar-refractivity contribution in [1.29, 1.82) is 0 Å². The largest absolute Gasteiger partial charge is 0.333 e. The molecule has 1 saturated heterocycles. The average molecular weight is 438 g/mol. The lowest BCUT2D eigenvalue weighted by molar-refractivity contribution is -0.134. The number of piperidine rings is 1. The van der Waals surface area contributed by atoms with E-state index in [1.807, 2.05) is 47.4 Å². The molecule has 0 radical (unpaired) electrons. The molecule has 2 aliphatic rings. The van der Waals surface area contributed by atoms with Crippen LogP contribution in [0.2, 0.25) is 0 Å². The van der Waals surface area contributed by atoms with E-state index in [9.17, 15) is 9.59 Å². The van der Waals surface area contributed by atoms with Crippen molar-refractivity contribution >= 4 is 50.8 Å². The van der Waals surface area contributed by atoms with Crippen LogP contribution < -0.4 is 4.90 Å². The lowest BCUT2D eigenvalue weighted by atomic mass is 10.0. The monoisotopic (exact) mass is 437 g/mol. The summed E-state index contributed by atoms with van der Waals surface area (Å²) in [7, 11) is 0. The molecule has 7 heteroatoms. The number of carbonyl (C=O) groups excluding carboxylic acids is 2. The molecule has 5 rings (SSSR count). The minimum atomic E-state index is 0.0450. The topological polar surface area (TPSA) is 53.5 Å². The zero-order valence-electron chi connectivity index (χ0n) is 16.6. The maximum absolute atomic E-state index is 13.2. The molecule has 0 saturated carbocycles. The van der Waals surface area contributed by atoms with E-state index in [0.29, 0.717) is 18.7 Å². The lowest BCUT2D eigenvalue weighted by Gasteiger charge is -2.35. The summed E-state index contributed by atoms with van der Waals surface area (Å²) in [6.45, 7) is 1.19. The Morgan fingerprint density at radius 2 is 1.93 bits per heavy atom. The Balaban J connectivity index is 1.33. The molecule has 0 unspecified atom stereocenters. The molecule has 1 atom stereocenters. The van der Waals surface area contributed by atoms with Gasteiger partial charge in [-0.2, -0.15) is 0 Å². The molecule has 2 amide bonds. The van der Waals surface area contributed by atoms with Crippen LogP contribution >= 0.6 is 23.1 Å². The molecule has 5 nitrogen and oxygen atoms in total. The van der Waals surface area contributed by atoms with E-state index in [0.717, 1.165) is 46.9 Å². The first-order valence-corrected chi connectivity index (χ1v) is 12.2. The quantitative estimate of drug-likeness (QED) is 0.584. The Labute approximate surface area is 184 Å². The first kappa shape index (κ1) is 19.6. The number of aromatic nitrogens is 1. The molecular formula is C23H23N3O2S2. The van der Waals surface area contributed by atoms with Gasteiger partial charge in [0.25, 0.3) is 0 Å². The third kappa shape index (κ3) is 3.72. The Kier molecular flexibility index (Phi) is 5.48. The van der Waals surface area contributed by atoms with E-state index in [-0.39, 0.29) is 17.9 Å². The predicted octanol–water partition coefficient (Wildman–Crippen LogP) is 4.88. The number of carbonyl (C=O) groups is 2. The van der Waals surface area contributed by atoms with E-state index in [1.165, 1.54) is 4.70 Å². The van der Waals surface area contributed by atoms with Gasteiger partial charge in [0.15, 0.2) is 0 Å². The van der Waals surface area contributed by atoms with Gasteiger partial charge in [0.2, 0.25) is 11.8 Å². The number of thiazole rings is 1. The van der Waals surface area contributed by atoms with Crippen LogP contribution in [0.25, 0.3) is 10.2 Å². The molecule has 30 heavy (non-hydrogen) atoms. The van der Waals surface area contributed by atoms with Gasteiger partial charge in [0.05, 0.1) is 27.7 Å². The van der Waals surface area contributed by atoms with Gasteiger partial charge in [-0.15, -0.1) is 23.1 Å². The van der Waals surface area contributed by atoms with E-state index in [4.69, 9.17) is 4.98 Å². The Bertz CT molecular complexity index is 1060. The van der Waals surface area contributed by atoms with Gasteiger partial charge in [0.1, 0.15) is 5.01 Å². The molecule has 0 aliphatic carbocycles. The van der Waals surface area contributed by atoms with Crippen LogP contribution in [0.4, 0.5) is 5.69 Å². The van der Waals surface area contributed by atoms with Crippen molar-refractivity contribution in [3.8, 4) is 0 Å². The van der Waals surface area contributed by atoms with Crippen LogP contribution in [-0.2, 0) is 9.59 Å². The Morgan fingerprint density at radius 1 is 1.10 bits per heavy atom. The predicted molar refractivity (Wildman–Crippen MR) is 122 cm³/mol. The highest BCUT2D eigenvalue weighted by molar-refractivity contribution is 8.00. The maximum Gasteiger partial charge on any atom is 0.237 e. The fraction of sp³-hybridized carbons (Fsp3) is 0.348. The van der Waals surface area contributed by atoms with Gasteiger partial charge in [0, 0.05) is 24.4 Å². The summed E-state index contributed by atoms with van der Waals surface area (Å²) < 4.78 is 1.17. The number of hydrogen-bond donors (Lipinski definition) is 0. The average Bonchev–Trinajstić information content (AvgIpc) is 3.22.